The molecule has 27 heavy (non-hydrogen) atoms. The highest BCUT2D eigenvalue weighted by atomic mass is 16.5. The molecule has 4 rings (SSSR count). The quantitative estimate of drug-likeness (QED) is 0.811. The lowest BCUT2D eigenvalue weighted by molar-refractivity contribution is 0.0417. The van der Waals surface area contributed by atoms with Crippen LogP contribution in [0.15, 0.2) is 41.0 Å². The number of piperidine rings is 1. The van der Waals surface area contributed by atoms with E-state index in [0.29, 0.717) is 17.5 Å². The van der Waals surface area contributed by atoms with Crippen LogP contribution in [-0.4, -0.2) is 60.1 Å². The minimum Gasteiger partial charge on any atom is -0.468 e. The predicted molar refractivity (Wildman–Crippen MR) is 101 cm³/mol. The normalized spacial score (nSPS) is 25.0. The molecule has 0 unspecified atom stereocenters. The Bertz CT molecular complexity index is 777. The zero-order valence-electron chi connectivity index (χ0n) is 16.0. The number of ether oxygens (including phenoxy) is 1. The topological polar surface area (TPSA) is 58.8 Å². The van der Waals surface area contributed by atoms with Crippen molar-refractivity contribution < 1.29 is 13.9 Å². The average Bonchev–Trinajstić information content (AvgIpc) is 3.31. The Morgan fingerprint density at radius 3 is 3.00 bits per heavy atom. The van der Waals surface area contributed by atoms with Gasteiger partial charge in [0.15, 0.2) is 0 Å². The first-order valence-corrected chi connectivity index (χ1v) is 9.65. The summed E-state index contributed by atoms with van der Waals surface area (Å²) in [7, 11) is 2.08. The average molecular weight is 369 g/mol. The number of carbonyl (C=O) groups is 1. The Balaban J connectivity index is 1.39. The third-order valence-corrected chi connectivity index (χ3v) is 5.70. The van der Waals surface area contributed by atoms with E-state index >= 15 is 0 Å². The first kappa shape index (κ1) is 18.2. The number of rotatable bonds is 5. The predicted octanol–water partition coefficient (Wildman–Crippen LogP) is 2.59. The molecule has 0 N–H and O–H groups in total. The lowest BCUT2D eigenvalue weighted by atomic mass is 9.84. The molecule has 2 aliphatic heterocycles. The van der Waals surface area contributed by atoms with E-state index in [2.05, 4.69) is 16.9 Å². The van der Waals surface area contributed by atoms with Gasteiger partial charge in [-0.25, -0.2) is 4.98 Å². The summed E-state index contributed by atoms with van der Waals surface area (Å²) in [6, 6.07) is 9.52. The summed E-state index contributed by atoms with van der Waals surface area (Å²) >= 11 is 0. The van der Waals surface area contributed by atoms with Gasteiger partial charge in [0.05, 0.1) is 25.5 Å². The molecule has 0 spiro atoms. The van der Waals surface area contributed by atoms with E-state index in [4.69, 9.17) is 9.15 Å². The Hall–Kier alpha value is -2.18. The van der Waals surface area contributed by atoms with Crippen LogP contribution in [0.4, 0.5) is 0 Å². The van der Waals surface area contributed by atoms with Crippen molar-refractivity contribution in [2.45, 2.75) is 26.0 Å². The second-order valence-corrected chi connectivity index (χ2v) is 7.78. The highest BCUT2D eigenvalue weighted by Crippen LogP contribution is 2.35. The van der Waals surface area contributed by atoms with E-state index < -0.39 is 0 Å². The van der Waals surface area contributed by atoms with Crippen molar-refractivity contribution in [3.63, 3.8) is 0 Å². The van der Waals surface area contributed by atoms with Crippen molar-refractivity contribution in [3.8, 4) is 0 Å². The summed E-state index contributed by atoms with van der Waals surface area (Å²) in [5.41, 5.74) is 1.41. The summed E-state index contributed by atoms with van der Waals surface area (Å²) in [6.07, 6.45) is 2.85. The minimum absolute atomic E-state index is 0.0340. The molecule has 2 saturated heterocycles. The maximum Gasteiger partial charge on any atom is 0.272 e. The molecule has 2 aromatic heterocycles. The first-order valence-electron chi connectivity index (χ1n) is 9.65. The van der Waals surface area contributed by atoms with Gasteiger partial charge in [-0.3, -0.25) is 9.69 Å². The van der Waals surface area contributed by atoms with E-state index in [9.17, 15) is 4.79 Å². The minimum atomic E-state index is 0.0340. The molecule has 0 radical (unpaired) electrons. The van der Waals surface area contributed by atoms with Crippen molar-refractivity contribution in [3.05, 3.63) is 53.7 Å². The number of fused-ring (bicyclic) bond motifs is 1. The van der Waals surface area contributed by atoms with Crippen LogP contribution in [0.2, 0.25) is 0 Å². The maximum atomic E-state index is 12.9. The number of amides is 1. The molecule has 3 atom stereocenters. The Kier molecular flexibility index (Phi) is 5.27. The Morgan fingerprint density at radius 2 is 2.22 bits per heavy atom. The molecule has 6 heteroatoms. The van der Waals surface area contributed by atoms with Crippen LogP contribution in [0, 0.1) is 18.8 Å². The van der Waals surface area contributed by atoms with Gasteiger partial charge in [0.25, 0.3) is 5.91 Å². The molecule has 0 aliphatic carbocycles. The standard InChI is InChI=1S/C21H27N3O3/c1-15-5-3-7-19(22-15)21(25)24-9-8-16-14-27-20(18(16)12-24)13-23(2)11-17-6-4-10-26-17/h3-7,10,16,18,20H,8-9,11-14H2,1-2H3/t16-,18-,20+/m0/s1. The van der Waals surface area contributed by atoms with Crippen molar-refractivity contribution in [1.29, 1.82) is 0 Å². The number of hydrogen-bond acceptors (Lipinski definition) is 5. The SMILES string of the molecule is Cc1cccc(C(=O)N2CC[C@H]3CO[C@H](CN(C)Cc4ccco4)[C@H]3C2)n1. The lowest BCUT2D eigenvalue weighted by Crippen LogP contribution is -2.47. The fraction of sp³-hybridized carbons (Fsp3) is 0.524. The van der Waals surface area contributed by atoms with Crippen LogP contribution in [0.3, 0.4) is 0 Å². The van der Waals surface area contributed by atoms with Gasteiger partial charge in [0.1, 0.15) is 11.5 Å². The number of nitrogens with zero attached hydrogens (tertiary/aromatic N) is 3. The highest BCUT2D eigenvalue weighted by molar-refractivity contribution is 5.92. The van der Waals surface area contributed by atoms with Crippen LogP contribution in [-0.2, 0) is 11.3 Å². The van der Waals surface area contributed by atoms with Crippen molar-refractivity contribution >= 4 is 5.91 Å². The summed E-state index contributed by atoms with van der Waals surface area (Å²) in [4.78, 5) is 21.5. The summed E-state index contributed by atoms with van der Waals surface area (Å²) in [6.45, 7) is 5.85. The van der Waals surface area contributed by atoms with E-state index in [1.54, 1.807) is 12.3 Å². The number of likely N-dealkylation sites (tertiary alicyclic amines) is 1. The van der Waals surface area contributed by atoms with Gasteiger partial charge in [-0.2, -0.15) is 0 Å². The number of carbonyl (C=O) groups excluding carboxylic acids is 1. The van der Waals surface area contributed by atoms with E-state index in [-0.39, 0.29) is 12.0 Å². The Morgan fingerprint density at radius 1 is 1.33 bits per heavy atom. The van der Waals surface area contributed by atoms with Crippen molar-refractivity contribution in [2.75, 3.05) is 33.3 Å². The molecule has 0 aromatic carbocycles. The molecule has 6 nitrogen and oxygen atoms in total. The number of aryl methyl sites for hydroxylation is 1. The van der Waals surface area contributed by atoms with E-state index in [1.165, 1.54) is 0 Å². The van der Waals surface area contributed by atoms with Crippen LogP contribution in [0.1, 0.15) is 28.4 Å². The van der Waals surface area contributed by atoms with Crippen LogP contribution in [0.5, 0.6) is 0 Å². The summed E-state index contributed by atoms with van der Waals surface area (Å²) in [5.74, 6) is 1.91. The third kappa shape index (κ3) is 4.06. The fourth-order valence-corrected chi connectivity index (χ4v) is 4.27. The monoisotopic (exact) mass is 369 g/mol. The van der Waals surface area contributed by atoms with Crippen LogP contribution in [0.25, 0.3) is 0 Å². The number of hydrogen-bond donors (Lipinski definition) is 0. The highest BCUT2D eigenvalue weighted by Gasteiger charge is 2.42. The van der Waals surface area contributed by atoms with E-state index in [1.807, 2.05) is 36.1 Å². The fourth-order valence-electron chi connectivity index (χ4n) is 4.27. The Labute approximate surface area is 160 Å². The molecule has 2 aromatic rings. The van der Waals surface area contributed by atoms with Gasteiger partial charge >= 0.3 is 0 Å². The van der Waals surface area contributed by atoms with Gasteiger partial charge in [0.2, 0.25) is 0 Å². The lowest BCUT2D eigenvalue weighted by Gasteiger charge is -2.36. The zero-order chi connectivity index (χ0) is 18.8. The number of pyridine rings is 1. The molecule has 2 aliphatic rings. The van der Waals surface area contributed by atoms with Gasteiger partial charge in [-0.05, 0) is 50.6 Å². The molecule has 4 heterocycles. The van der Waals surface area contributed by atoms with Gasteiger partial charge < -0.3 is 14.1 Å². The number of aromatic nitrogens is 1. The van der Waals surface area contributed by atoms with Crippen LogP contribution < -0.4 is 0 Å². The number of furan rings is 1. The smallest absolute Gasteiger partial charge is 0.272 e. The molecular weight excluding hydrogens is 342 g/mol. The maximum absolute atomic E-state index is 12.9. The second-order valence-electron chi connectivity index (χ2n) is 7.78. The second kappa shape index (κ2) is 7.82. The van der Waals surface area contributed by atoms with Crippen molar-refractivity contribution in [2.24, 2.45) is 11.8 Å². The third-order valence-electron chi connectivity index (χ3n) is 5.70. The first-order chi connectivity index (χ1) is 13.1. The molecule has 2 fully saturated rings. The molecule has 0 saturated carbocycles. The summed E-state index contributed by atoms with van der Waals surface area (Å²) < 4.78 is 11.6. The van der Waals surface area contributed by atoms with E-state index in [0.717, 1.165) is 50.7 Å². The molecule has 144 valence electrons. The van der Waals surface area contributed by atoms with Gasteiger partial charge in [-0.15, -0.1) is 0 Å². The molecule has 0 bridgehead atoms. The molecule has 1 amide bonds. The molecular formula is C21H27N3O3. The van der Waals surface area contributed by atoms with Gasteiger partial charge in [-0.1, -0.05) is 6.07 Å². The van der Waals surface area contributed by atoms with Gasteiger partial charge in [0, 0.05) is 31.2 Å². The number of likely N-dealkylation sites (N-methyl/N-ethyl adjacent to an activating group) is 1. The zero-order valence-corrected chi connectivity index (χ0v) is 16.0. The summed E-state index contributed by atoms with van der Waals surface area (Å²) in [5, 5.41) is 0. The van der Waals surface area contributed by atoms with Crippen LogP contribution >= 0.6 is 0 Å². The largest absolute Gasteiger partial charge is 0.468 e. The van der Waals surface area contributed by atoms with Crippen molar-refractivity contribution in [1.82, 2.24) is 14.8 Å².